The molecule has 41 heavy (non-hydrogen) atoms. The molecule has 1 N–H and O–H groups in total. The fourth-order valence-corrected chi connectivity index (χ4v) is 7.43. The summed E-state index contributed by atoms with van der Waals surface area (Å²) in [6, 6.07) is 0. The maximum Gasteiger partial charge on any atom is 0.472 e. The first kappa shape index (κ1) is 35.9. The van der Waals surface area contributed by atoms with Crippen molar-refractivity contribution in [1.82, 2.24) is 0 Å². The minimum atomic E-state index is -4.16. The first-order chi connectivity index (χ1) is 20.0. The van der Waals surface area contributed by atoms with Crippen LogP contribution in [0.5, 0.6) is 0 Å². The Hall–Kier alpha value is 0.430. The summed E-state index contributed by atoms with van der Waals surface area (Å²) in [6.07, 6.45) is 24.5. The monoisotopic (exact) mass is 668 g/mol. The number of phosphoric ester groups is 1. The number of halogens is 1. The Morgan fingerprint density at radius 1 is 0.780 bits per heavy atom. The number of unbranched alkanes of at least 4 members (excludes halogenated alkanes) is 15. The van der Waals surface area contributed by atoms with Crippen LogP contribution in [0, 0.1) is 0 Å². The van der Waals surface area contributed by atoms with Crippen molar-refractivity contribution in [2.24, 2.45) is 0 Å². The largest absolute Gasteiger partial charge is 0.472 e. The first-order valence-corrected chi connectivity index (χ1v) is 19.4. The van der Waals surface area contributed by atoms with E-state index in [4.69, 9.17) is 28.0 Å². The van der Waals surface area contributed by atoms with Crippen LogP contribution in [0.25, 0.3) is 0 Å². The second kappa shape index (κ2) is 20.5. The molecule has 3 fully saturated rings. The van der Waals surface area contributed by atoms with Crippen molar-refractivity contribution < 1.29 is 37.5 Å². The van der Waals surface area contributed by atoms with Crippen LogP contribution < -0.4 is 0 Å². The molecular formula is C31H58BrO8P. The zero-order valence-electron chi connectivity index (χ0n) is 25.6. The Labute approximate surface area is 258 Å². The predicted octanol–water partition coefficient (Wildman–Crippen LogP) is 8.96. The molecule has 0 aromatic carbocycles. The van der Waals surface area contributed by atoms with E-state index >= 15 is 0 Å². The molecule has 8 nitrogen and oxygen atoms in total. The molecule has 0 aromatic rings. The van der Waals surface area contributed by atoms with Gasteiger partial charge < -0.3 is 23.8 Å². The fourth-order valence-electron chi connectivity index (χ4n) is 6.29. The number of fused-ring (bicyclic) bond motifs is 1. The van der Waals surface area contributed by atoms with E-state index in [1.54, 1.807) is 0 Å². The topological polar surface area (TPSA) is 92.7 Å². The van der Waals surface area contributed by atoms with E-state index in [0.29, 0.717) is 11.9 Å². The lowest BCUT2D eigenvalue weighted by Gasteiger charge is -2.34. The Kier molecular flexibility index (Phi) is 17.9. The third-order valence-corrected chi connectivity index (χ3v) is 9.91. The van der Waals surface area contributed by atoms with E-state index in [2.05, 4.69) is 22.9 Å². The summed E-state index contributed by atoms with van der Waals surface area (Å²) in [4.78, 5) is 9.96. The molecule has 0 bridgehead atoms. The van der Waals surface area contributed by atoms with Gasteiger partial charge in [0, 0.05) is 24.8 Å². The van der Waals surface area contributed by atoms with E-state index in [1.165, 1.54) is 96.3 Å². The molecule has 2 aliphatic heterocycles. The fraction of sp³-hybridized carbons (Fsp3) is 1.00. The van der Waals surface area contributed by atoms with Gasteiger partial charge in [-0.15, -0.1) is 0 Å². The molecule has 1 saturated carbocycles. The second-order valence-corrected chi connectivity index (χ2v) is 14.4. The minimum Gasteiger partial charge on any atom is -0.372 e. The lowest BCUT2D eigenvalue weighted by Crippen LogP contribution is -2.41. The van der Waals surface area contributed by atoms with Gasteiger partial charge in [-0.25, -0.2) is 4.57 Å². The molecule has 242 valence electrons. The van der Waals surface area contributed by atoms with Crippen LogP contribution in [-0.4, -0.2) is 60.4 Å². The van der Waals surface area contributed by atoms with Crippen molar-refractivity contribution in [2.75, 3.05) is 25.2 Å². The molecule has 5 atom stereocenters. The van der Waals surface area contributed by atoms with Crippen molar-refractivity contribution in [1.29, 1.82) is 0 Å². The summed E-state index contributed by atoms with van der Waals surface area (Å²) in [5.41, 5.74) is 0. The third kappa shape index (κ3) is 13.5. The van der Waals surface area contributed by atoms with Gasteiger partial charge in [0.05, 0.1) is 13.2 Å². The van der Waals surface area contributed by atoms with Crippen LogP contribution in [0.3, 0.4) is 0 Å². The van der Waals surface area contributed by atoms with Crippen LogP contribution in [0.2, 0.25) is 0 Å². The van der Waals surface area contributed by atoms with Crippen LogP contribution in [-0.2, 0) is 32.6 Å². The Bertz CT molecular complexity index is 722. The molecule has 10 heteroatoms. The number of hydrogen-bond donors (Lipinski definition) is 1. The Balaban J connectivity index is 1.27. The number of alkyl halides is 1. The number of phosphoric acid groups is 1. The molecule has 3 aliphatic rings. The van der Waals surface area contributed by atoms with Gasteiger partial charge in [-0.05, 0) is 19.3 Å². The minimum absolute atomic E-state index is 0.0818. The maximum atomic E-state index is 12.2. The zero-order chi connectivity index (χ0) is 29.2. The van der Waals surface area contributed by atoms with Crippen molar-refractivity contribution in [2.45, 2.75) is 172 Å². The summed E-state index contributed by atoms with van der Waals surface area (Å²) >= 11 is 3.19. The lowest BCUT2D eigenvalue weighted by atomic mass is 9.94. The van der Waals surface area contributed by atoms with Crippen molar-refractivity contribution >= 4 is 23.8 Å². The molecule has 2 heterocycles. The Morgan fingerprint density at radius 2 is 1.34 bits per heavy atom. The van der Waals surface area contributed by atoms with E-state index in [-0.39, 0.29) is 19.3 Å². The summed E-state index contributed by atoms with van der Waals surface area (Å²) in [7, 11) is -4.16. The van der Waals surface area contributed by atoms with Crippen LogP contribution in [0.15, 0.2) is 0 Å². The van der Waals surface area contributed by atoms with Gasteiger partial charge in [-0.2, -0.15) is 0 Å². The van der Waals surface area contributed by atoms with E-state index in [9.17, 15) is 9.46 Å². The summed E-state index contributed by atoms with van der Waals surface area (Å²) in [5.74, 6) is -0.583. The standard InChI is InChI=1S/C31H58BrO8P/c1-2-3-4-5-6-7-8-9-10-11-12-13-14-15-16-20-24-35-28-27(26-37-41(33,34)36-25-23-32)38-30-29(28)39-31(40-30)21-18-17-19-22-31/h27-30H,2-26H2,1H3,(H,33,34)/t27-,28-,29-,30-/m1/s1. The molecule has 0 radical (unpaired) electrons. The van der Waals surface area contributed by atoms with Crippen molar-refractivity contribution in [3.63, 3.8) is 0 Å². The lowest BCUT2D eigenvalue weighted by molar-refractivity contribution is -0.250. The highest BCUT2D eigenvalue weighted by molar-refractivity contribution is 9.09. The van der Waals surface area contributed by atoms with Crippen LogP contribution in [0.1, 0.15) is 142 Å². The second-order valence-electron chi connectivity index (χ2n) is 12.1. The van der Waals surface area contributed by atoms with Gasteiger partial charge in [0.2, 0.25) is 0 Å². The van der Waals surface area contributed by atoms with Gasteiger partial charge in [0.15, 0.2) is 12.1 Å². The normalized spacial score (nSPS) is 26.9. The molecule has 0 aromatic heterocycles. The van der Waals surface area contributed by atoms with Gasteiger partial charge in [-0.3, -0.25) is 9.05 Å². The molecule has 3 rings (SSSR count). The highest BCUT2D eigenvalue weighted by Crippen LogP contribution is 2.48. The van der Waals surface area contributed by atoms with Crippen LogP contribution >= 0.6 is 23.8 Å². The van der Waals surface area contributed by atoms with Gasteiger partial charge >= 0.3 is 7.82 Å². The number of hydrogen-bond acceptors (Lipinski definition) is 7. The SMILES string of the molecule is CCCCCCCCCCCCCCCCCCO[C@H]1[C@H]2OC3(CCCCC3)O[C@H]2O[C@@H]1COP(=O)(O)OCCBr. The molecule has 1 aliphatic carbocycles. The van der Waals surface area contributed by atoms with E-state index < -0.39 is 32.1 Å². The van der Waals surface area contributed by atoms with Gasteiger partial charge in [0.25, 0.3) is 0 Å². The average molecular weight is 670 g/mol. The quantitative estimate of drug-likeness (QED) is 0.0619. The Morgan fingerprint density at radius 3 is 1.90 bits per heavy atom. The summed E-state index contributed by atoms with van der Waals surface area (Å²) in [5, 5.41) is 0.444. The maximum absolute atomic E-state index is 12.2. The predicted molar refractivity (Wildman–Crippen MR) is 165 cm³/mol. The molecule has 1 unspecified atom stereocenters. The molecular weight excluding hydrogens is 611 g/mol. The van der Waals surface area contributed by atoms with Crippen molar-refractivity contribution in [3.05, 3.63) is 0 Å². The van der Waals surface area contributed by atoms with Crippen molar-refractivity contribution in [3.8, 4) is 0 Å². The highest BCUT2D eigenvalue weighted by Gasteiger charge is 2.58. The average Bonchev–Trinajstić information content (AvgIpc) is 3.46. The number of rotatable bonds is 24. The first-order valence-electron chi connectivity index (χ1n) is 16.8. The smallest absolute Gasteiger partial charge is 0.372 e. The van der Waals surface area contributed by atoms with Crippen LogP contribution in [0.4, 0.5) is 0 Å². The number of ether oxygens (including phenoxy) is 4. The van der Waals surface area contributed by atoms with E-state index in [1.807, 2.05) is 0 Å². The zero-order valence-corrected chi connectivity index (χ0v) is 28.1. The highest BCUT2D eigenvalue weighted by atomic mass is 79.9. The van der Waals surface area contributed by atoms with Gasteiger partial charge in [-0.1, -0.05) is 126 Å². The van der Waals surface area contributed by atoms with Gasteiger partial charge in [0.1, 0.15) is 18.3 Å². The van der Waals surface area contributed by atoms with E-state index in [0.717, 1.165) is 38.5 Å². The molecule has 2 saturated heterocycles. The third-order valence-electron chi connectivity index (χ3n) is 8.61. The summed E-state index contributed by atoms with van der Waals surface area (Å²) < 4.78 is 47.5. The molecule has 1 spiro atoms. The molecule has 0 amide bonds. The summed E-state index contributed by atoms with van der Waals surface area (Å²) in [6.45, 7) is 2.84.